The van der Waals surface area contributed by atoms with Gasteiger partial charge in [0.15, 0.2) is 0 Å². The van der Waals surface area contributed by atoms with E-state index in [0.717, 1.165) is 6.92 Å². The summed E-state index contributed by atoms with van der Waals surface area (Å²) in [5.74, 6) is -63.7. The smallest absolute Gasteiger partial charge is 0.384 e. The number of rotatable bonds is 13. The molecule has 0 aliphatic rings. The molecule has 1 N–H and O–H groups in total. The fraction of sp³-hybridized carbons (Fsp3) is 0.812. The zero-order valence-corrected chi connectivity index (χ0v) is 16.8. The van der Waals surface area contributed by atoms with E-state index in [1.54, 1.807) is 0 Å². The predicted molar refractivity (Wildman–Crippen MR) is 81.7 cm³/mol. The second kappa shape index (κ2) is 9.49. The van der Waals surface area contributed by atoms with Crippen LogP contribution in [0, 0.1) is 0 Å². The van der Waals surface area contributed by atoms with Gasteiger partial charge in [-0.05, 0) is 6.92 Å². The molecule has 0 aliphatic heterocycles. The molecule has 0 spiro atoms. The van der Waals surface area contributed by atoms with Crippen LogP contribution in [0.15, 0.2) is 12.2 Å². The van der Waals surface area contributed by atoms with Crippen molar-refractivity contribution in [2.24, 2.45) is 0 Å². The van der Waals surface area contributed by atoms with Crippen LogP contribution in [0.2, 0.25) is 0 Å². The van der Waals surface area contributed by atoms with Gasteiger partial charge in [-0.1, -0.05) is 6.58 Å². The van der Waals surface area contributed by atoms with E-state index in [2.05, 4.69) is 11.3 Å². The van der Waals surface area contributed by atoms with Crippen LogP contribution in [0.3, 0.4) is 0 Å². The minimum absolute atomic E-state index is 0.572. The number of aliphatic hydroxyl groups excluding tert-OH is 1. The number of carbonyl (C=O) groups is 1. The van der Waals surface area contributed by atoms with Gasteiger partial charge >= 0.3 is 53.3 Å². The summed E-state index contributed by atoms with van der Waals surface area (Å²) >= 11 is 0. The summed E-state index contributed by atoms with van der Waals surface area (Å²) in [5.41, 5.74) is -0.572. The zero-order chi connectivity index (χ0) is 28.7. The van der Waals surface area contributed by atoms with Crippen LogP contribution in [-0.4, -0.2) is 71.7 Å². The second-order valence-electron chi connectivity index (χ2n) is 7.00. The number of ether oxygens (including phenoxy) is 1. The predicted octanol–water partition coefficient (Wildman–Crippen LogP) is 5.96. The largest absolute Gasteiger partial charge is 0.462 e. The molecule has 0 radical (unpaired) electrons. The Morgan fingerprint density at radius 2 is 0.914 bits per heavy atom. The molecule has 0 fully saturated rings. The van der Waals surface area contributed by atoms with Crippen molar-refractivity contribution in [3.8, 4) is 0 Å². The monoisotopic (exact) mass is 558 g/mol. The lowest BCUT2D eigenvalue weighted by molar-refractivity contribution is -0.453. The van der Waals surface area contributed by atoms with E-state index in [4.69, 9.17) is 5.11 Å². The molecule has 0 atom stereocenters. The van der Waals surface area contributed by atoms with Gasteiger partial charge in [-0.15, -0.1) is 0 Å². The van der Waals surface area contributed by atoms with Crippen molar-refractivity contribution in [2.45, 2.75) is 67.1 Å². The first kappa shape index (κ1) is 33.0. The minimum atomic E-state index is -8.52. The quantitative estimate of drug-likeness (QED) is 0.173. The van der Waals surface area contributed by atoms with E-state index < -0.39 is 85.0 Å². The third-order valence-corrected chi connectivity index (χ3v) is 4.31. The molecular formula is C16H14F16O3. The third kappa shape index (κ3) is 5.00. The Kier molecular flexibility index (Phi) is 8.96. The van der Waals surface area contributed by atoms with Crippen LogP contribution in [0.1, 0.15) is 19.8 Å². The van der Waals surface area contributed by atoms with Gasteiger partial charge in [0.2, 0.25) is 0 Å². The van der Waals surface area contributed by atoms with Crippen LogP contribution in [0.4, 0.5) is 70.2 Å². The van der Waals surface area contributed by atoms with Gasteiger partial charge in [0.1, 0.15) is 0 Å². The van der Waals surface area contributed by atoms with Crippen LogP contribution >= 0.6 is 0 Å². The van der Waals surface area contributed by atoms with Crippen molar-refractivity contribution >= 4 is 5.97 Å². The van der Waals surface area contributed by atoms with E-state index in [9.17, 15) is 75.0 Å². The van der Waals surface area contributed by atoms with Gasteiger partial charge in [0.05, 0.1) is 13.0 Å². The maximum absolute atomic E-state index is 13.7. The third-order valence-electron chi connectivity index (χ3n) is 4.31. The summed E-state index contributed by atoms with van der Waals surface area (Å²) in [5, 5.41) is 8.12. The molecule has 0 amide bonds. The zero-order valence-electron chi connectivity index (χ0n) is 16.8. The maximum Gasteiger partial charge on any atom is 0.384 e. The molecule has 0 bridgehead atoms. The van der Waals surface area contributed by atoms with Crippen molar-refractivity contribution in [1.29, 1.82) is 0 Å². The number of halogens is 16. The summed E-state index contributed by atoms with van der Waals surface area (Å²) in [7, 11) is 0. The molecule has 19 heteroatoms. The molecule has 0 unspecified atom stereocenters. The van der Waals surface area contributed by atoms with Crippen LogP contribution in [0.5, 0.6) is 0 Å². The Morgan fingerprint density at radius 1 is 0.629 bits per heavy atom. The normalized spacial score (nSPS) is 15.3. The molecule has 3 nitrogen and oxygen atoms in total. The van der Waals surface area contributed by atoms with Gasteiger partial charge in [0, 0.05) is 18.6 Å². The van der Waals surface area contributed by atoms with Gasteiger partial charge in [-0.2, -0.15) is 70.2 Å². The van der Waals surface area contributed by atoms with Crippen molar-refractivity contribution in [3.05, 3.63) is 12.2 Å². The van der Waals surface area contributed by atoms with Crippen LogP contribution in [0.25, 0.3) is 0 Å². The number of aliphatic hydroxyl groups is 1. The lowest BCUT2D eigenvalue weighted by atomic mass is 9.86. The Morgan fingerprint density at radius 3 is 1.20 bits per heavy atom. The van der Waals surface area contributed by atoms with Gasteiger partial charge in [0.25, 0.3) is 0 Å². The number of carbonyl (C=O) groups excluding carboxylic acids is 1. The highest BCUT2D eigenvalue weighted by Gasteiger charge is 2.94. The SMILES string of the molecule is C=C(C)C(=O)OCCC(F)(F)C(F)(F)C(F)(F)C(F)(F)C(F)(F)C(F)(F)C(F)(F)C(F)(F)CCO. The number of alkyl halides is 16. The first-order valence-corrected chi connectivity index (χ1v) is 8.60. The van der Waals surface area contributed by atoms with E-state index in [-0.39, 0.29) is 0 Å². The molecule has 35 heavy (non-hydrogen) atoms. The topological polar surface area (TPSA) is 46.5 Å². The molecule has 0 aromatic heterocycles. The first-order valence-electron chi connectivity index (χ1n) is 8.60. The average molecular weight is 558 g/mol. The van der Waals surface area contributed by atoms with E-state index in [0.29, 0.717) is 0 Å². The molecule has 0 saturated heterocycles. The van der Waals surface area contributed by atoms with Crippen LogP contribution < -0.4 is 0 Å². The molecule has 0 aliphatic carbocycles. The fourth-order valence-electron chi connectivity index (χ4n) is 2.10. The summed E-state index contributed by atoms with van der Waals surface area (Å²) in [6, 6.07) is 0. The lowest BCUT2D eigenvalue weighted by Gasteiger charge is -2.43. The average Bonchev–Trinajstić information content (AvgIpc) is 2.66. The standard InChI is InChI=1S/C16H14F16O3/c1-7(2)8(34)35-6-4-10(19,20)12(23,24)14(27,28)16(31,32)15(29,30)13(25,26)11(21,22)9(17,18)3-5-33/h33H,1,3-6H2,2H3. The Bertz CT molecular complexity index is 790. The highest BCUT2D eigenvalue weighted by Crippen LogP contribution is 2.64. The van der Waals surface area contributed by atoms with Gasteiger partial charge < -0.3 is 9.84 Å². The van der Waals surface area contributed by atoms with Crippen molar-refractivity contribution in [1.82, 2.24) is 0 Å². The van der Waals surface area contributed by atoms with Crippen molar-refractivity contribution < 1.29 is 84.9 Å². The van der Waals surface area contributed by atoms with Gasteiger partial charge in [-0.25, -0.2) is 4.79 Å². The highest BCUT2D eigenvalue weighted by atomic mass is 19.4. The molecule has 0 rings (SSSR count). The first-order chi connectivity index (χ1) is 15.1. The minimum Gasteiger partial charge on any atom is -0.462 e. The van der Waals surface area contributed by atoms with E-state index in [1.807, 2.05) is 0 Å². The highest BCUT2D eigenvalue weighted by molar-refractivity contribution is 5.86. The Labute approximate surface area is 184 Å². The number of hydrogen-bond acceptors (Lipinski definition) is 3. The molecule has 0 aromatic carbocycles. The van der Waals surface area contributed by atoms with Crippen molar-refractivity contribution in [3.63, 3.8) is 0 Å². The summed E-state index contributed by atoms with van der Waals surface area (Å²) in [4.78, 5) is 10.9. The molecule has 0 saturated carbocycles. The molecule has 208 valence electrons. The summed E-state index contributed by atoms with van der Waals surface area (Å²) < 4.78 is 220. The van der Waals surface area contributed by atoms with Gasteiger partial charge in [-0.3, -0.25) is 0 Å². The van der Waals surface area contributed by atoms with E-state index in [1.165, 1.54) is 0 Å². The Hall–Kier alpha value is -1.95. The summed E-state index contributed by atoms with van der Waals surface area (Å²) in [6.45, 7) is -0.376. The lowest BCUT2D eigenvalue weighted by Crippen LogP contribution is -2.74. The fourth-order valence-corrected chi connectivity index (χ4v) is 2.10. The maximum atomic E-state index is 13.7. The Balaban J connectivity index is 6.44. The number of esters is 1. The number of hydrogen-bond donors (Lipinski definition) is 1. The van der Waals surface area contributed by atoms with Crippen LogP contribution in [-0.2, 0) is 9.53 Å². The second-order valence-corrected chi connectivity index (χ2v) is 7.00. The summed E-state index contributed by atoms with van der Waals surface area (Å²) in [6.07, 6.45) is -5.62. The van der Waals surface area contributed by atoms with Crippen molar-refractivity contribution in [2.75, 3.05) is 13.2 Å². The molecule has 0 heterocycles. The molecule has 0 aromatic rings. The molecular weight excluding hydrogens is 544 g/mol. The van der Waals surface area contributed by atoms with E-state index >= 15 is 0 Å².